The minimum Gasteiger partial charge on any atom is -0.370 e. The highest BCUT2D eigenvalue weighted by atomic mass is 79.9. The number of rotatable bonds is 5. The highest BCUT2D eigenvalue weighted by molar-refractivity contribution is 9.10. The molecule has 0 unspecified atom stereocenters. The third-order valence-electron chi connectivity index (χ3n) is 2.52. The molecule has 5 nitrogen and oxygen atoms in total. The second-order valence-electron chi connectivity index (χ2n) is 3.99. The third kappa shape index (κ3) is 3.49. The van der Waals surface area contributed by atoms with Crippen molar-refractivity contribution in [1.29, 1.82) is 0 Å². The molecule has 106 valence electrons. The van der Waals surface area contributed by atoms with Crippen LogP contribution >= 0.6 is 15.9 Å². The Hall–Kier alpha value is -1.60. The van der Waals surface area contributed by atoms with Gasteiger partial charge in [-0.05, 0) is 41.1 Å². The maximum absolute atomic E-state index is 12.3. The van der Waals surface area contributed by atoms with E-state index in [0.717, 1.165) is 0 Å². The predicted molar refractivity (Wildman–Crippen MR) is 83.4 cm³/mol. The van der Waals surface area contributed by atoms with Crippen LogP contribution in [0, 0.1) is 0 Å². The van der Waals surface area contributed by atoms with Crippen LogP contribution in [-0.2, 0) is 10.0 Å². The van der Waals surface area contributed by atoms with E-state index < -0.39 is 10.0 Å². The molecule has 0 saturated carbocycles. The number of benzene rings is 1. The number of nitrogens with one attached hydrogen (secondary N) is 2. The van der Waals surface area contributed by atoms with Crippen LogP contribution in [0.15, 0.2) is 52.0 Å². The van der Waals surface area contributed by atoms with Gasteiger partial charge in [0.1, 0.15) is 5.82 Å². The van der Waals surface area contributed by atoms with Crippen molar-refractivity contribution in [3.05, 3.63) is 47.1 Å². The largest absolute Gasteiger partial charge is 0.370 e. The minimum absolute atomic E-state index is 0.166. The van der Waals surface area contributed by atoms with Crippen LogP contribution < -0.4 is 10.0 Å². The molecular weight excluding hydrogens is 342 g/mol. The molecule has 0 fully saturated rings. The molecule has 0 radical (unpaired) electrons. The lowest BCUT2D eigenvalue weighted by Crippen LogP contribution is -2.14. The van der Waals surface area contributed by atoms with Gasteiger partial charge in [-0.3, -0.25) is 4.72 Å². The van der Waals surface area contributed by atoms with Gasteiger partial charge in [0.25, 0.3) is 10.0 Å². The third-order valence-corrected chi connectivity index (χ3v) is 4.57. The van der Waals surface area contributed by atoms with Crippen LogP contribution in [0.3, 0.4) is 0 Å². The normalized spacial score (nSPS) is 11.1. The lowest BCUT2D eigenvalue weighted by atomic mass is 10.3. The van der Waals surface area contributed by atoms with E-state index in [0.29, 0.717) is 22.5 Å². The average Bonchev–Trinajstić information content (AvgIpc) is 2.42. The fourth-order valence-corrected chi connectivity index (χ4v) is 3.21. The molecule has 0 saturated heterocycles. The number of aromatic nitrogens is 1. The Balaban J connectivity index is 2.31. The monoisotopic (exact) mass is 355 g/mol. The lowest BCUT2D eigenvalue weighted by molar-refractivity contribution is 0.601. The number of pyridine rings is 1. The second kappa shape index (κ2) is 6.23. The van der Waals surface area contributed by atoms with E-state index in [1.54, 1.807) is 18.2 Å². The molecule has 0 spiro atoms. The fraction of sp³-hybridized carbons (Fsp3) is 0.154. The standard InChI is InChI=1S/C13H14BrN3O2S/c1-2-15-13-9-10(7-8-16-13)20(18,19)17-12-6-4-3-5-11(12)14/h3-9,17H,2H2,1H3,(H,15,16). The molecule has 7 heteroatoms. The molecule has 0 amide bonds. The summed E-state index contributed by atoms with van der Waals surface area (Å²) in [7, 11) is -3.64. The average molecular weight is 356 g/mol. The Morgan fingerprint density at radius 3 is 2.70 bits per heavy atom. The molecule has 1 aromatic heterocycles. The van der Waals surface area contributed by atoms with Gasteiger partial charge in [0.2, 0.25) is 0 Å². The smallest absolute Gasteiger partial charge is 0.262 e. The zero-order valence-corrected chi connectivity index (χ0v) is 13.2. The maximum atomic E-state index is 12.3. The molecule has 0 aliphatic heterocycles. The number of hydrogen-bond donors (Lipinski definition) is 2. The summed E-state index contributed by atoms with van der Waals surface area (Å²) >= 11 is 3.31. The lowest BCUT2D eigenvalue weighted by Gasteiger charge is -2.10. The quantitative estimate of drug-likeness (QED) is 0.864. The molecule has 0 aliphatic rings. The van der Waals surface area contributed by atoms with Crippen molar-refractivity contribution < 1.29 is 8.42 Å². The summed E-state index contributed by atoms with van der Waals surface area (Å²) in [5.74, 6) is 0.530. The second-order valence-corrected chi connectivity index (χ2v) is 6.53. The van der Waals surface area contributed by atoms with E-state index in [9.17, 15) is 8.42 Å². The van der Waals surface area contributed by atoms with Gasteiger partial charge in [0, 0.05) is 23.3 Å². The summed E-state index contributed by atoms with van der Waals surface area (Å²) < 4.78 is 27.9. The van der Waals surface area contributed by atoms with E-state index in [4.69, 9.17) is 0 Å². The first-order chi connectivity index (χ1) is 9.53. The van der Waals surface area contributed by atoms with Gasteiger partial charge in [-0.1, -0.05) is 12.1 Å². The van der Waals surface area contributed by atoms with Gasteiger partial charge in [0.05, 0.1) is 10.6 Å². The van der Waals surface area contributed by atoms with Crippen molar-refractivity contribution in [2.24, 2.45) is 0 Å². The van der Waals surface area contributed by atoms with Gasteiger partial charge in [-0.15, -0.1) is 0 Å². The van der Waals surface area contributed by atoms with Crippen molar-refractivity contribution in [2.45, 2.75) is 11.8 Å². The van der Waals surface area contributed by atoms with Crippen LogP contribution in [0.1, 0.15) is 6.92 Å². The first-order valence-corrected chi connectivity index (χ1v) is 8.28. The molecular formula is C13H14BrN3O2S. The summed E-state index contributed by atoms with van der Waals surface area (Å²) in [4.78, 5) is 4.22. The van der Waals surface area contributed by atoms with Crippen LogP contribution in [0.5, 0.6) is 0 Å². The van der Waals surface area contributed by atoms with Gasteiger partial charge in [-0.25, -0.2) is 13.4 Å². The summed E-state index contributed by atoms with van der Waals surface area (Å²) in [5, 5.41) is 2.98. The van der Waals surface area contributed by atoms with E-state index in [1.807, 2.05) is 13.0 Å². The molecule has 0 aliphatic carbocycles. The molecule has 1 aromatic carbocycles. The summed E-state index contributed by atoms with van der Waals surface area (Å²) in [6, 6.07) is 10.0. The van der Waals surface area contributed by atoms with E-state index in [2.05, 4.69) is 31.0 Å². The van der Waals surface area contributed by atoms with E-state index in [-0.39, 0.29) is 4.90 Å². The molecule has 1 heterocycles. The Labute approximate surface area is 126 Å². The highest BCUT2D eigenvalue weighted by Gasteiger charge is 2.16. The molecule has 2 aromatic rings. The van der Waals surface area contributed by atoms with E-state index >= 15 is 0 Å². The Kier molecular flexibility index (Phi) is 4.61. The van der Waals surface area contributed by atoms with Crippen LogP contribution in [0.2, 0.25) is 0 Å². The first kappa shape index (κ1) is 14.8. The summed E-state index contributed by atoms with van der Waals surface area (Å²) in [6.07, 6.45) is 1.46. The van der Waals surface area contributed by atoms with Crippen molar-refractivity contribution in [2.75, 3.05) is 16.6 Å². The van der Waals surface area contributed by atoms with Crippen molar-refractivity contribution in [3.8, 4) is 0 Å². The maximum Gasteiger partial charge on any atom is 0.262 e. The Morgan fingerprint density at radius 2 is 2.00 bits per heavy atom. The Morgan fingerprint density at radius 1 is 1.25 bits per heavy atom. The SMILES string of the molecule is CCNc1cc(S(=O)(=O)Nc2ccccc2Br)ccn1. The van der Waals surface area contributed by atoms with Crippen LogP contribution in [0.25, 0.3) is 0 Å². The van der Waals surface area contributed by atoms with Crippen LogP contribution in [-0.4, -0.2) is 19.9 Å². The molecule has 0 atom stereocenters. The number of hydrogen-bond acceptors (Lipinski definition) is 4. The highest BCUT2D eigenvalue weighted by Crippen LogP contribution is 2.24. The first-order valence-electron chi connectivity index (χ1n) is 6.00. The van der Waals surface area contributed by atoms with Crippen molar-refractivity contribution in [1.82, 2.24) is 4.98 Å². The van der Waals surface area contributed by atoms with Crippen molar-refractivity contribution in [3.63, 3.8) is 0 Å². The molecule has 2 N–H and O–H groups in total. The topological polar surface area (TPSA) is 71.1 Å². The minimum atomic E-state index is -3.64. The number of sulfonamides is 1. The summed E-state index contributed by atoms with van der Waals surface area (Å²) in [5.41, 5.74) is 0.495. The van der Waals surface area contributed by atoms with E-state index in [1.165, 1.54) is 18.3 Å². The zero-order chi connectivity index (χ0) is 14.6. The van der Waals surface area contributed by atoms with Gasteiger partial charge in [0.15, 0.2) is 0 Å². The summed E-state index contributed by atoms with van der Waals surface area (Å²) in [6.45, 7) is 2.59. The van der Waals surface area contributed by atoms with Crippen molar-refractivity contribution >= 4 is 37.5 Å². The van der Waals surface area contributed by atoms with Gasteiger partial charge >= 0.3 is 0 Å². The Bertz CT molecular complexity index is 704. The number of para-hydroxylation sites is 1. The molecule has 2 rings (SSSR count). The fourth-order valence-electron chi connectivity index (χ4n) is 1.60. The van der Waals surface area contributed by atoms with Gasteiger partial charge < -0.3 is 5.32 Å². The number of halogens is 1. The van der Waals surface area contributed by atoms with Gasteiger partial charge in [-0.2, -0.15) is 0 Å². The zero-order valence-electron chi connectivity index (χ0n) is 10.8. The number of nitrogens with zero attached hydrogens (tertiary/aromatic N) is 1. The van der Waals surface area contributed by atoms with Crippen LogP contribution in [0.4, 0.5) is 11.5 Å². The molecule has 20 heavy (non-hydrogen) atoms. The predicted octanol–water partition coefficient (Wildman–Crippen LogP) is 3.08. The molecule has 0 bridgehead atoms. The number of anilines is 2.